The van der Waals surface area contributed by atoms with Crippen LogP contribution in [0.2, 0.25) is 0 Å². The summed E-state index contributed by atoms with van der Waals surface area (Å²) in [4.78, 5) is 15.3. The largest absolute Gasteiger partial charge is 0.372 e. The summed E-state index contributed by atoms with van der Waals surface area (Å²) in [7, 11) is 1.68. The fraction of sp³-hybridized carbons (Fsp3) is 0.190. The molecule has 0 aliphatic heterocycles. The lowest BCUT2D eigenvalue weighted by Crippen LogP contribution is -2.28. The van der Waals surface area contributed by atoms with Gasteiger partial charge in [0.25, 0.3) is 0 Å². The summed E-state index contributed by atoms with van der Waals surface area (Å²) < 4.78 is 5.74. The Hall–Kier alpha value is -2.65. The van der Waals surface area contributed by atoms with E-state index in [1.807, 2.05) is 54.6 Å². The lowest BCUT2D eigenvalue weighted by molar-refractivity contribution is 0.0987. The van der Waals surface area contributed by atoms with E-state index < -0.39 is 0 Å². The van der Waals surface area contributed by atoms with Gasteiger partial charge in [-0.05, 0) is 17.2 Å². The number of methoxy groups -OCH3 is 1. The lowest BCUT2D eigenvalue weighted by atomic mass is 9.82. The minimum absolute atomic E-state index is 0.0441. The van der Waals surface area contributed by atoms with Crippen molar-refractivity contribution in [3.8, 4) is 0 Å². The number of hydrogen-bond donors (Lipinski definition) is 0. The van der Waals surface area contributed by atoms with Crippen LogP contribution in [0.4, 0.5) is 5.69 Å². The summed E-state index contributed by atoms with van der Waals surface area (Å²) in [6.07, 6.45) is 3.43. The van der Waals surface area contributed by atoms with Crippen LogP contribution in [-0.2, 0) is 4.74 Å². The van der Waals surface area contributed by atoms with Crippen LogP contribution in [-0.4, -0.2) is 26.0 Å². The molecule has 2 aromatic rings. The molecule has 0 bridgehead atoms. The van der Waals surface area contributed by atoms with E-state index in [4.69, 9.17) is 4.74 Å². The average Bonchev–Trinajstić information content (AvgIpc) is 2.61. The van der Waals surface area contributed by atoms with Gasteiger partial charge in [0.15, 0.2) is 5.78 Å². The zero-order valence-electron chi connectivity index (χ0n) is 13.9. The molecule has 0 heterocycles. The summed E-state index contributed by atoms with van der Waals surface area (Å²) in [5.74, 6) is 0.0441. The van der Waals surface area contributed by atoms with E-state index in [2.05, 4.69) is 18.1 Å². The van der Waals surface area contributed by atoms with Crippen LogP contribution in [0.5, 0.6) is 0 Å². The van der Waals surface area contributed by atoms with Crippen LogP contribution >= 0.6 is 0 Å². The Morgan fingerprint density at radius 3 is 2.38 bits per heavy atom. The van der Waals surface area contributed by atoms with Gasteiger partial charge in [0.2, 0.25) is 0 Å². The molecule has 24 heavy (non-hydrogen) atoms. The van der Waals surface area contributed by atoms with Gasteiger partial charge in [0, 0.05) is 31.5 Å². The molecule has 0 fully saturated rings. The number of carbonyl (C=O) groups excluding carboxylic acids is 1. The maximum Gasteiger partial charge on any atom is 0.195 e. The SMILES string of the molecule is C=CCN(CC=C)c1cccc2c1C(=O)c1ccccc1C2OC. The minimum atomic E-state index is -0.233. The van der Waals surface area contributed by atoms with E-state index in [-0.39, 0.29) is 11.9 Å². The zero-order chi connectivity index (χ0) is 17.1. The van der Waals surface area contributed by atoms with Gasteiger partial charge in [-0.1, -0.05) is 48.6 Å². The number of fused-ring (bicyclic) bond motifs is 2. The molecule has 0 saturated carbocycles. The van der Waals surface area contributed by atoms with Crippen LogP contribution in [0.25, 0.3) is 0 Å². The number of ketones is 1. The molecule has 0 saturated heterocycles. The Balaban J connectivity index is 2.21. The molecule has 0 amide bonds. The third-order valence-corrected chi connectivity index (χ3v) is 4.35. The molecule has 3 rings (SSSR count). The van der Waals surface area contributed by atoms with Gasteiger partial charge < -0.3 is 9.64 Å². The zero-order valence-corrected chi connectivity index (χ0v) is 13.9. The Bertz CT molecular complexity index is 784. The van der Waals surface area contributed by atoms with E-state index in [1.54, 1.807) is 7.11 Å². The second kappa shape index (κ2) is 6.85. The van der Waals surface area contributed by atoms with Crippen LogP contribution in [0, 0.1) is 0 Å². The highest BCUT2D eigenvalue weighted by molar-refractivity contribution is 6.16. The first-order valence-corrected chi connectivity index (χ1v) is 7.99. The van der Waals surface area contributed by atoms with Crippen molar-refractivity contribution < 1.29 is 9.53 Å². The molecular weight excluding hydrogens is 298 g/mol. The predicted molar refractivity (Wildman–Crippen MR) is 97.8 cm³/mol. The van der Waals surface area contributed by atoms with Gasteiger partial charge in [-0.15, -0.1) is 13.2 Å². The van der Waals surface area contributed by atoms with E-state index in [9.17, 15) is 4.79 Å². The maximum absolute atomic E-state index is 13.2. The maximum atomic E-state index is 13.2. The van der Waals surface area contributed by atoms with Gasteiger partial charge in [0.1, 0.15) is 6.10 Å². The normalized spacial score (nSPS) is 15.4. The molecule has 3 heteroatoms. The highest BCUT2D eigenvalue weighted by atomic mass is 16.5. The van der Waals surface area contributed by atoms with E-state index in [0.717, 1.165) is 16.8 Å². The lowest BCUT2D eigenvalue weighted by Gasteiger charge is -2.31. The number of carbonyl (C=O) groups is 1. The summed E-state index contributed by atoms with van der Waals surface area (Å²) in [6, 6.07) is 13.6. The predicted octanol–water partition coefficient (Wildman–Crippen LogP) is 4.15. The van der Waals surface area contributed by atoms with Crippen molar-refractivity contribution in [2.45, 2.75) is 6.10 Å². The second-order valence-electron chi connectivity index (χ2n) is 5.76. The molecule has 1 atom stereocenters. The number of anilines is 1. The summed E-state index contributed by atoms with van der Waals surface area (Å²) in [6.45, 7) is 8.94. The fourth-order valence-corrected chi connectivity index (χ4v) is 3.36. The average molecular weight is 319 g/mol. The minimum Gasteiger partial charge on any atom is -0.372 e. The van der Waals surface area contributed by atoms with Crippen molar-refractivity contribution in [3.05, 3.63) is 90.0 Å². The second-order valence-corrected chi connectivity index (χ2v) is 5.76. The third kappa shape index (κ3) is 2.57. The molecule has 0 aromatic heterocycles. The number of ether oxygens (including phenoxy) is 1. The molecule has 0 radical (unpaired) electrons. The monoisotopic (exact) mass is 319 g/mol. The number of rotatable bonds is 6. The van der Waals surface area contributed by atoms with Gasteiger partial charge in [-0.3, -0.25) is 4.79 Å². The van der Waals surface area contributed by atoms with Gasteiger partial charge in [0.05, 0.1) is 5.56 Å². The van der Waals surface area contributed by atoms with E-state index >= 15 is 0 Å². The quantitative estimate of drug-likeness (QED) is 0.749. The van der Waals surface area contributed by atoms with Gasteiger partial charge in [-0.2, -0.15) is 0 Å². The Morgan fingerprint density at radius 1 is 1.04 bits per heavy atom. The van der Waals surface area contributed by atoms with Crippen LogP contribution < -0.4 is 4.90 Å². The molecule has 0 N–H and O–H groups in total. The van der Waals surface area contributed by atoms with Gasteiger partial charge >= 0.3 is 0 Å². The third-order valence-electron chi connectivity index (χ3n) is 4.35. The molecule has 122 valence electrons. The fourth-order valence-electron chi connectivity index (χ4n) is 3.36. The molecular formula is C21H21NO2. The van der Waals surface area contributed by atoms with Gasteiger partial charge in [-0.25, -0.2) is 0 Å². The molecule has 1 aliphatic rings. The van der Waals surface area contributed by atoms with Crippen molar-refractivity contribution in [2.75, 3.05) is 25.1 Å². The van der Waals surface area contributed by atoms with Crippen molar-refractivity contribution in [1.82, 2.24) is 0 Å². The smallest absolute Gasteiger partial charge is 0.195 e. The highest BCUT2D eigenvalue weighted by Gasteiger charge is 2.33. The first kappa shape index (κ1) is 16.2. The summed E-state index contributed by atoms with van der Waals surface area (Å²) >= 11 is 0. The summed E-state index contributed by atoms with van der Waals surface area (Å²) in [5.41, 5.74) is 4.16. The van der Waals surface area contributed by atoms with E-state index in [0.29, 0.717) is 24.2 Å². The number of hydrogen-bond acceptors (Lipinski definition) is 3. The Kier molecular flexibility index (Phi) is 4.63. The van der Waals surface area contributed by atoms with Crippen molar-refractivity contribution >= 4 is 11.5 Å². The first-order chi connectivity index (χ1) is 11.7. The molecule has 1 unspecified atom stereocenters. The molecule has 2 aromatic carbocycles. The summed E-state index contributed by atoms with van der Waals surface area (Å²) in [5, 5.41) is 0. The molecule has 0 spiro atoms. The number of benzene rings is 2. The van der Waals surface area contributed by atoms with Crippen molar-refractivity contribution in [1.29, 1.82) is 0 Å². The van der Waals surface area contributed by atoms with Crippen LogP contribution in [0.15, 0.2) is 67.8 Å². The van der Waals surface area contributed by atoms with Crippen LogP contribution in [0.3, 0.4) is 0 Å². The van der Waals surface area contributed by atoms with Crippen molar-refractivity contribution in [3.63, 3.8) is 0 Å². The highest BCUT2D eigenvalue weighted by Crippen LogP contribution is 2.40. The number of nitrogens with zero attached hydrogens (tertiary/aromatic N) is 1. The Morgan fingerprint density at radius 2 is 1.71 bits per heavy atom. The molecule has 3 nitrogen and oxygen atoms in total. The Labute approximate surface area is 142 Å². The van der Waals surface area contributed by atoms with Crippen LogP contribution in [0.1, 0.15) is 33.2 Å². The first-order valence-electron chi connectivity index (χ1n) is 7.99. The topological polar surface area (TPSA) is 29.5 Å². The van der Waals surface area contributed by atoms with E-state index in [1.165, 1.54) is 0 Å². The van der Waals surface area contributed by atoms with Crippen molar-refractivity contribution in [2.24, 2.45) is 0 Å². The standard InChI is InChI=1S/C21H21NO2/c1-4-13-22(14-5-2)18-12-8-11-17-19(18)20(23)15-9-6-7-10-16(15)21(17)24-3/h4-12,21H,1-2,13-14H2,3H3. The molecule has 1 aliphatic carbocycles.